The lowest BCUT2D eigenvalue weighted by atomic mass is 9.83. The van der Waals surface area contributed by atoms with Gasteiger partial charge in [0, 0.05) is 39.3 Å². The Morgan fingerprint density at radius 3 is 2.35 bits per heavy atom. The number of nitrogens with zero attached hydrogens (tertiary/aromatic N) is 1. The summed E-state index contributed by atoms with van der Waals surface area (Å²) in [7, 11) is 1.76. The van der Waals surface area contributed by atoms with Crippen LogP contribution in [0.3, 0.4) is 0 Å². The first kappa shape index (κ1) is 15.8. The van der Waals surface area contributed by atoms with Crippen LogP contribution in [0.4, 0.5) is 0 Å². The van der Waals surface area contributed by atoms with E-state index in [2.05, 4.69) is 4.90 Å². The Balaban J connectivity index is 1.63. The van der Waals surface area contributed by atoms with Gasteiger partial charge in [-0.05, 0) is 56.8 Å². The molecule has 2 fully saturated rings. The van der Waals surface area contributed by atoms with Crippen molar-refractivity contribution in [1.29, 1.82) is 0 Å². The topological polar surface area (TPSA) is 55.6 Å². The predicted molar refractivity (Wildman–Crippen MR) is 80.3 cm³/mol. The molecule has 4 nitrogen and oxygen atoms in total. The minimum absolute atomic E-state index is 0.357. The normalized spacial score (nSPS) is 28.6. The molecule has 1 aliphatic carbocycles. The lowest BCUT2D eigenvalue weighted by molar-refractivity contribution is -0.133. The molecular formula is C16H30N2O2. The fourth-order valence-corrected chi connectivity index (χ4v) is 3.55. The maximum Gasteiger partial charge on any atom is 0.222 e. The molecule has 2 aliphatic rings. The van der Waals surface area contributed by atoms with Crippen molar-refractivity contribution in [2.75, 3.05) is 26.8 Å². The molecule has 0 radical (unpaired) electrons. The van der Waals surface area contributed by atoms with Crippen LogP contribution in [0.15, 0.2) is 0 Å². The fourth-order valence-electron chi connectivity index (χ4n) is 3.55. The second-order valence-corrected chi connectivity index (χ2v) is 6.60. The highest BCUT2D eigenvalue weighted by molar-refractivity contribution is 5.76. The van der Waals surface area contributed by atoms with E-state index < -0.39 is 0 Å². The van der Waals surface area contributed by atoms with E-state index in [1.165, 1.54) is 12.8 Å². The third-order valence-electron chi connectivity index (χ3n) is 5.03. The number of rotatable bonds is 5. The number of methoxy groups -OCH3 is 1. The van der Waals surface area contributed by atoms with Crippen LogP contribution < -0.4 is 5.73 Å². The average molecular weight is 282 g/mol. The van der Waals surface area contributed by atoms with Gasteiger partial charge in [0.25, 0.3) is 0 Å². The van der Waals surface area contributed by atoms with E-state index in [1.807, 2.05) is 0 Å². The first-order valence-electron chi connectivity index (χ1n) is 8.21. The summed E-state index contributed by atoms with van der Waals surface area (Å²) in [6.45, 7) is 2.68. The van der Waals surface area contributed by atoms with Crippen LogP contribution in [0.5, 0.6) is 0 Å². The Labute approximate surface area is 123 Å². The largest absolute Gasteiger partial charge is 0.384 e. The van der Waals surface area contributed by atoms with Gasteiger partial charge in [-0.3, -0.25) is 4.79 Å². The van der Waals surface area contributed by atoms with E-state index in [1.54, 1.807) is 7.11 Å². The zero-order valence-electron chi connectivity index (χ0n) is 12.9. The first-order valence-corrected chi connectivity index (χ1v) is 8.21. The van der Waals surface area contributed by atoms with E-state index in [0.29, 0.717) is 17.9 Å². The zero-order valence-corrected chi connectivity index (χ0v) is 12.9. The quantitative estimate of drug-likeness (QED) is 0.841. The molecule has 0 aromatic rings. The predicted octanol–water partition coefficient (Wildman–Crippen LogP) is 2.17. The number of amides is 1. The third kappa shape index (κ3) is 4.74. The summed E-state index contributed by atoms with van der Waals surface area (Å²) < 4.78 is 5.20. The van der Waals surface area contributed by atoms with Crippen LogP contribution >= 0.6 is 0 Å². The highest BCUT2D eigenvalue weighted by Gasteiger charge is 2.24. The Bertz CT molecular complexity index is 293. The number of carbonyl (C=O) groups is 1. The molecule has 1 saturated heterocycles. The Morgan fingerprint density at radius 1 is 1.10 bits per heavy atom. The molecule has 0 unspecified atom stereocenters. The van der Waals surface area contributed by atoms with Crippen molar-refractivity contribution in [3.8, 4) is 0 Å². The number of nitrogens with two attached hydrogens (primary N) is 1. The third-order valence-corrected chi connectivity index (χ3v) is 5.03. The van der Waals surface area contributed by atoms with Crippen molar-refractivity contribution < 1.29 is 9.53 Å². The molecule has 0 spiro atoms. The van der Waals surface area contributed by atoms with Gasteiger partial charge in [0.2, 0.25) is 5.91 Å². The molecule has 2 rings (SSSR count). The summed E-state index contributed by atoms with van der Waals surface area (Å²) in [5.41, 5.74) is 5.92. The lowest BCUT2D eigenvalue weighted by Crippen LogP contribution is -2.39. The summed E-state index contributed by atoms with van der Waals surface area (Å²) in [5.74, 6) is 1.73. The van der Waals surface area contributed by atoms with Crippen molar-refractivity contribution in [3.63, 3.8) is 0 Å². The Kier molecular flexibility index (Phi) is 6.30. The van der Waals surface area contributed by atoms with Crippen LogP contribution in [-0.2, 0) is 9.53 Å². The Morgan fingerprint density at radius 2 is 1.75 bits per heavy atom. The first-order chi connectivity index (χ1) is 9.69. The van der Waals surface area contributed by atoms with Gasteiger partial charge in [-0.15, -0.1) is 0 Å². The van der Waals surface area contributed by atoms with Gasteiger partial charge < -0.3 is 15.4 Å². The van der Waals surface area contributed by atoms with Crippen molar-refractivity contribution >= 4 is 5.91 Å². The van der Waals surface area contributed by atoms with Gasteiger partial charge >= 0.3 is 0 Å². The molecule has 2 N–H and O–H groups in total. The molecule has 20 heavy (non-hydrogen) atoms. The molecule has 116 valence electrons. The smallest absolute Gasteiger partial charge is 0.222 e. The lowest BCUT2D eigenvalue weighted by Gasteiger charge is -2.32. The highest BCUT2D eigenvalue weighted by Crippen LogP contribution is 2.27. The summed E-state index contributed by atoms with van der Waals surface area (Å²) in [5, 5.41) is 0. The number of hydrogen-bond donors (Lipinski definition) is 1. The molecule has 1 amide bonds. The maximum atomic E-state index is 12.2. The molecule has 0 bridgehead atoms. The zero-order chi connectivity index (χ0) is 14.4. The molecular weight excluding hydrogens is 252 g/mol. The van der Waals surface area contributed by atoms with Crippen LogP contribution in [-0.4, -0.2) is 43.7 Å². The van der Waals surface area contributed by atoms with Crippen LogP contribution in [0.25, 0.3) is 0 Å². The summed E-state index contributed by atoms with van der Waals surface area (Å²) >= 11 is 0. The van der Waals surface area contributed by atoms with Crippen molar-refractivity contribution in [1.82, 2.24) is 4.90 Å². The van der Waals surface area contributed by atoms with E-state index >= 15 is 0 Å². The van der Waals surface area contributed by atoms with E-state index in [0.717, 1.165) is 64.1 Å². The summed E-state index contributed by atoms with van der Waals surface area (Å²) in [6, 6.07) is 0.404. The van der Waals surface area contributed by atoms with Gasteiger partial charge in [0.05, 0.1) is 0 Å². The highest BCUT2D eigenvalue weighted by atomic mass is 16.5. The van der Waals surface area contributed by atoms with Crippen molar-refractivity contribution in [3.05, 3.63) is 0 Å². The molecule has 1 aliphatic heterocycles. The number of likely N-dealkylation sites (tertiary alicyclic amines) is 1. The van der Waals surface area contributed by atoms with Crippen LogP contribution in [0.2, 0.25) is 0 Å². The Hall–Kier alpha value is -0.610. The van der Waals surface area contributed by atoms with Crippen molar-refractivity contribution in [2.45, 2.75) is 57.4 Å². The van der Waals surface area contributed by atoms with Gasteiger partial charge in [0.1, 0.15) is 0 Å². The number of hydrogen-bond acceptors (Lipinski definition) is 3. The molecule has 0 atom stereocenters. The SMILES string of the molecule is COCC1CCN(C(=O)CCC2CCC(N)CC2)CC1. The second-order valence-electron chi connectivity index (χ2n) is 6.60. The molecule has 0 aromatic carbocycles. The number of ether oxygens (including phenoxy) is 1. The number of piperidine rings is 1. The van der Waals surface area contributed by atoms with Gasteiger partial charge in [0.15, 0.2) is 0 Å². The van der Waals surface area contributed by atoms with E-state index in [9.17, 15) is 4.79 Å². The fraction of sp³-hybridized carbons (Fsp3) is 0.938. The van der Waals surface area contributed by atoms with Crippen molar-refractivity contribution in [2.24, 2.45) is 17.6 Å². The van der Waals surface area contributed by atoms with Gasteiger partial charge in [-0.2, -0.15) is 0 Å². The molecule has 0 aromatic heterocycles. The van der Waals surface area contributed by atoms with Crippen LogP contribution in [0.1, 0.15) is 51.4 Å². The molecule has 1 saturated carbocycles. The standard InChI is InChI=1S/C16H30N2O2/c1-20-12-14-8-10-18(11-9-14)16(19)7-4-13-2-5-15(17)6-3-13/h13-15H,2-12,17H2,1H3. The molecule has 1 heterocycles. The van der Waals surface area contributed by atoms with E-state index in [4.69, 9.17) is 10.5 Å². The number of carbonyl (C=O) groups excluding carboxylic acids is 1. The second kappa shape index (κ2) is 7.99. The maximum absolute atomic E-state index is 12.2. The van der Waals surface area contributed by atoms with Gasteiger partial charge in [-0.25, -0.2) is 0 Å². The summed E-state index contributed by atoms with van der Waals surface area (Å²) in [4.78, 5) is 14.3. The minimum atomic E-state index is 0.357. The monoisotopic (exact) mass is 282 g/mol. The van der Waals surface area contributed by atoms with Gasteiger partial charge in [-0.1, -0.05) is 0 Å². The minimum Gasteiger partial charge on any atom is -0.384 e. The average Bonchev–Trinajstić information content (AvgIpc) is 2.47. The van der Waals surface area contributed by atoms with Crippen LogP contribution in [0, 0.1) is 11.8 Å². The van der Waals surface area contributed by atoms with E-state index in [-0.39, 0.29) is 0 Å². The molecule has 4 heteroatoms. The summed E-state index contributed by atoms with van der Waals surface area (Å²) in [6.07, 6.45) is 8.69.